The molecule has 1 aromatic rings. The Balaban J connectivity index is 2.11. The van der Waals surface area contributed by atoms with E-state index < -0.39 is 5.91 Å². The number of carbonyl (C=O) groups excluding carboxylic acids is 1. The Labute approximate surface area is 108 Å². The van der Waals surface area contributed by atoms with Crippen LogP contribution in [-0.4, -0.2) is 12.5 Å². The van der Waals surface area contributed by atoms with Gasteiger partial charge in [0, 0.05) is 17.9 Å². The second kappa shape index (κ2) is 4.88. The first-order valence-corrected chi connectivity index (χ1v) is 6.49. The summed E-state index contributed by atoms with van der Waals surface area (Å²) in [6, 6.07) is 5.25. The summed E-state index contributed by atoms with van der Waals surface area (Å²) in [6.45, 7) is 3.12. The Kier molecular flexibility index (Phi) is 3.45. The van der Waals surface area contributed by atoms with Gasteiger partial charge in [0.05, 0.1) is 5.56 Å². The van der Waals surface area contributed by atoms with E-state index in [0.29, 0.717) is 16.7 Å². The number of hydrogen-bond acceptors (Lipinski definition) is 3. The van der Waals surface area contributed by atoms with Crippen molar-refractivity contribution in [2.75, 3.05) is 17.6 Å². The molecule has 4 heteroatoms. The maximum absolute atomic E-state index is 11.4. The summed E-state index contributed by atoms with van der Waals surface area (Å²) >= 11 is 0. The summed E-state index contributed by atoms with van der Waals surface area (Å²) in [5.74, 6) is -0.441. The van der Waals surface area contributed by atoms with Gasteiger partial charge in [-0.15, -0.1) is 0 Å². The van der Waals surface area contributed by atoms with Gasteiger partial charge in [-0.05, 0) is 42.9 Å². The lowest BCUT2D eigenvalue weighted by atomic mass is 9.67. The van der Waals surface area contributed by atoms with Gasteiger partial charge in [-0.2, -0.15) is 0 Å². The zero-order valence-corrected chi connectivity index (χ0v) is 10.8. The summed E-state index contributed by atoms with van der Waals surface area (Å²) in [4.78, 5) is 11.4. The van der Waals surface area contributed by atoms with Crippen LogP contribution in [0.2, 0.25) is 0 Å². The van der Waals surface area contributed by atoms with Crippen LogP contribution in [0.4, 0.5) is 11.4 Å². The van der Waals surface area contributed by atoms with Crippen LogP contribution in [-0.2, 0) is 0 Å². The van der Waals surface area contributed by atoms with Crippen molar-refractivity contribution in [3.63, 3.8) is 0 Å². The second-order valence-corrected chi connectivity index (χ2v) is 5.23. The van der Waals surface area contributed by atoms with Crippen LogP contribution in [0.3, 0.4) is 0 Å². The number of nitrogen functional groups attached to an aromatic ring is 1. The van der Waals surface area contributed by atoms with E-state index in [9.17, 15) is 4.79 Å². The fraction of sp³-hybridized carbons (Fsp3) is 0.500. The van der Waals surface area contributed by atoms with Crippen LogP contribution in [0, 0.1) is 5.41 Å². The average molecular weight is 247 g/mol. The summed E-state index contributed by atoms with van der Waals surface area (Å²) in [6.07, 6.45) is 5.00. The molecule has 1 aromatic carbocycles. The Morgan fingerprint density at radius 2 is 2.17 bits per heavy atom. The number of anilines is 2. The molecule has 0 radical (unpaired) electrons. The normalized spacial score (nSPS) is 16.9. The molecule has 1 aliphatic rings. The number of hydrogen-bond donors (Lipinski definition) is 3. The molecule has 18 heavy (non-hydrogen) atoms. The van der Waals surface area contributed by atoms with E-state index in [4.69, 9.17) is 11.5 Å². The quantitative estimate of drug-likeness (QED) is 0.699. The number of primary amides is 1. The van der Waals surface area contributed by atoms with Gasteiger partial charge in [0.1, 0.15) is 0 Å². The molecular formula is C14H21N3O. The smallest absolute Gasteiger partial charge is 0.250 e. The van der Waals surface area contributed by atoms with E-state index in [2.05, 4.69) is 12.2 Å². The van der Waals surface area contributed by atoms with Gasteiger partial charge in [-0.3, -0.25) is 4.79 Å². The van der Waals surface area contributed by atoms with E-state index >= 15 is 0 Å². The molecule has 0 spiro atoms. The maximum Gasteiger partial charge on any atom is 0.250 e. The van der Waals surface area contributed by atoms with Gasteiger partial charge < -0.3 is 16.8 Å². The average Bonchev–Trinajstić information content (AvgIpc) is 2.29. The Morgan fingerprint density at radius 1 is 1.44 bits per heavy atom. The zero-order valence-electron chi connectivity index (χ0n) is 10.8. The van der Waals surface area contributed by atoms with Crippen molar-refractivity contribution in [3.05, 3.63) is 23.8 Å². The minimum atomic E-state index is -0.441. The number of benzene rings is 1. The summed E-state index contributed by atoms with van der Waals surface area (Å²) in [5.41, 5.74) is 13.3. The van der Waals surface area contributed by atoms with Crippen molar-refractivity contribution < 1.29 is 4.79 Å². The third-order valence-electron chi connectivity index (χ3n) is 4.13. The first kappa shape index (κ1) is 12.7. The molecule has 98 valence electrons. The van der Waals surface area contributed by atoms with Crippen molar-refractivity contribution in [1.29, 1.82) is 0 Å². The monoisotopic (exact) mass is 247 g/mol. The molecule has 0 saturated heterocycles. The van der Waals surface area contributed by atoms with Crippen molar-refractivity contribution in [1.82, 2.24) is 0 Å². The Morgan fingerprint density at radius 3 is 2.67 bits per heavy atom. The predicted octanol–water partition coefficient (Wildman–Crippen LogP) is 2.36. The first-order chi connectivity index (χ1) is 8.56. The third-order valence-corrected chi connectivity index (χ3v) is 4.13. The van der Waals surface area contributed by atoms with E-state index in [1.165, 1.54) is 25.7 Å². The number of nitrogens with two attached hydrogens (primary N) is 2. The first-order valence-electron chi connectivity index (χ1n) is 6.49. The molecule has 1 saturated carbocycles. The highest BCUT2D eigenvalue weighted by Crippen LogP contribution is 2.43. The Bertz CT molecular complexity index is 447. The SMILES string of the molecule is CCC1(CNc2ccc(N)cc2C(N)=O)CCC1. The molecule has 0 unspecified atom stereocenters. The summed E-state index contributed by atoms with van der Waals surface area (Å²) < 4.78 is 0. The van der Waals surface area contributed by atoms with Gasteiger partial charge in [0.15, 0.2) is 0 Å². The van der Waals surface area contributed by atoms with Gasteiger partial charge in [0.2, 0.25) is 0 Å². The number of nitrogens with one attached hydrogen (secondary N) is 1. The molecule has 1 fully saturated rings. The fourth-order valence-electron chi connectivity index (χ4n) is 2.53. The second-order valence-electron chi connectivity index (χ2n) is 5.23. The number of amides is 1. The van der Waals surface area contributed by atoms with Crippen LogP contribution >= 0.6 is 0 Å². The van der Waals surface area contributed by atoms with E-state index in [0.717, 1.165) is 12.2 Å². The highest BCUT2D eigenvalue weighted by atomic mass is 16.1. The molecule has 1 amide bonds. The van der Waals surface area contributed by atoms with Crippen molar-refractivity contribution >= 4 is 17.3 Å². The maximum atomic E-state index is 11.4. The van der Waals surface area contributed by atoms with E-state index in [1.54, 1.807) is 12.1 Å². The molecule has 0 bridgehead atoms. The topological polar surface area (TPSA) is 81.1 Å². The number of rotatable bonds is 5. The standard InChI is InChI=1S/C14H21N3O/c1-2-14(6-3-7-14)9-17-12-5-4-10(15)8-11(12)13(16)18/h4-5,8,17H,2-3,6-7,9,15H2,1H3,(H2,16,18). The third kappa shape index (κ3) is 2.42. The van der Waals surface area contributed by atoms with Gasteiger partial charge in [0.25, 0.3) is 5.91 Å². The van der Waals surface area contributed by atoms with Gasteiger partial charge >= 0.3 is 0 Å². The lowest BCUT2D eigenvalue weighted by Gasteiger charge is -2.41. The highest BCUT2D eigenvalue weighted by Gasteiger charge is 2.34. The van der Waals surface area contributed by atoms with Crippen molar-refractivity contribution in [2.45, 2.75) is 32.6 Å². The highest BCUT2D eigenvalue weighted by molar-refractivity contribution is 5.99. The molecule has 0 heterocycles. The minimum absolute atomic E-state index is 0.399. The predicted molar refractivity (Wildman–Crippen MR) is 74.4 cm³/mol. The Hall–Kier alpha value is -1.71. The molecule has 1 aliphatic carbocycles. The van der Waals surface area contributed by atoms with Crippen LogP contribution in [0.15, 0.2) is 18.2 Å². The zero-order chi connectivity index (χ0) is 13.2. The van der Waals surface area contributed by atoms with Gasteiger partial charge in [-0.25, -0.2) is 0 Å². The largest absolute Gasteiger partial charge is 0.399 e. The van der Waals surface area contributed by atoms with Crippen LogP contribution in [0.25, 0.3) is 0 Å². The molecular weight excluding hydrogens is 226 g/mol. The molecule has 5 N–H and O–H groups in total. The fourth-order valence-corrected chi connectivity index (χ4v) is 2.53. The van der Waals surface area contributed by atoms with Crippen molar-refractivity contribution in [3.8, 4) is 0 Å². The van der Waals surface area contributed by atoms with E-state index in [-0.39, 0.29) is 0 Å². The summed E-state index contributed by atoms with van der Waals surface area (Å²) in [5, 5.41) is 3.36. The van der Waals surface area contributed by atoms with Crippen LogP contribution in [0.5, 0.6) is 0 Å². The molecule has 0 atom stereocenters. The van der Waals surface area contributed by atoms with Crippen LogP contribution in [0.1, 0.15) is 43.0 Å². The lowest BCUT2D eigenvalue weighted by Crippen LogP contribution is -2.36. The molecule has 2 rings (SSSR count). The summed E-state index contributed by atoms with van der Waals surface area (Å²) in [7, 11) is 0. The van der Waals surface area contributed by atoms with Gasteiger partial charge in [-0.1, -0.05) is 13.3 Å². The molecule has 0 aliphatic heterocycles. The molecule has 0 aromatic heterocycles. The van der Waals surface area contributed by atoms with Crippen molar-refractivity contribution in [2.24, 2.45) is 11.1 Å². The molecule has 4 nitrogen and oxygen atoms in total. The minimum Gasteiger partial charge on any atom is -0.399 e. The lowest BCUT2D eigenvalue weighted by molar-refractivity contribution is 0.100. The van der Waals surface area contributed by atoms with Crippen LogP contribution < -0.4 is 16.8 Å². The number of carbonyl (C=O) groups is 1. The van der Waals surface area contributed by atoms with E-state index in [1.807, 2.05) is 6.07 Å².